The van der Waals surface area contributed by atoms with Crippen molar-refractivity contribution in [2.24, 2.45) is 0 Å². The van der Waals surface area contributed by atoms with E-state index in [9.17, 15) is 22.8 Å². The third-order valence-electron chi connectivity index (χ3n) is 7.08. The van der Waals surface area contributed by atoms with Gasteiger partial charge >= 0.3 is 6.36 Å². The van der Waals surface area contributed by atoms with Gasteiger partial charge < -0.3 is 20.8 Å². The Hall–Kier alpha value is -4.38. The average Bonchev–Trinajstić information content (AvgIpc) is 3.70. The molecular weight excluding hydrogens is 620 g/mol. The highest BCUT2D eigenvalue weighted by Crippen LogP contribution is 2.42. The fourth-order valence-corrected chi connectivity index (χ4v) is 5.31. The highest BCUT2D eigenvalue weighted by Gasteiger charge is 2.38. The first-order chi connectivity index (χ1) is 20.9. The van der Waals surface area contributed by atoms with Crippen LogP contribution >= 0.6 is 23.2 Å². The zero-order valence-corrected chi connectivity index (χ0v) is 23.9. The number of pyridine rings is 1. The van der Waals surface area contributed by atoms with E-state index < -0.39 is 23.4 Å². The quantitative estimate of drug-likeness (QED) is 0.121. The lowest BCUT2D eigenvalue weighted by molar-refractivity contribution is -0.274. The minimum Gasteiger partial charge on any atom is -0.402 e. The molecule has 3 aromatic carbocycles. The number of aromatic nitrogens is 1. The van der Waals surface area contributed by atoms with Crippen LogP contribution in [0, 0.1) is 17.1 Å². The van der Waals surface area contributed by atoms with E-state index in [2.05, 4.69) is 31.3 Å². The molecule has 1 fully saturated rings. The Labute approximate surface area is 259 Å². The molecule has 1 unspecified atom stereocenters. The monoisotopic (exact) mass is 639 g/mol. The van der Waals surface area contributed by atoms with E-state index in [1.165, 1.54) is 48.7 Å². The standard InChI is InChI=1S/C29H20BCl2F4N7O/c30-28(16-4-6-17(33)7-5-16,24-14-43(42-41-24)19-8-9-19)40-18-10-20-25(15(12-37)13-38-26(20)22(32)11-18)39-23-3-1-2-21(31)27(23)44-29(34,35)36/h1-7,10-11,13-14,19,40-42H,8-9H2,(H,38,39). The normalized spacial score (nSPS) is 16.1. The Morgan fingerprint density at radius 2 is 1.84 bits per heavy atom. The topological polar surface area (TPSA) is 97.3 Å². The number of hydrazine groups is 2. The summed E-state index contributed by atoms with van der Waals surface area (Å²) in [4.78, 5) is 4.30. The Morgan fingerprint density at radius 3 is 2.52 bits per heavy atom. The lowest BCUT2D eigenvalue weighted by Gasteiger charge is -2.34. The second-order valence-electron chi connectivity index (χ2n) is 10.2. The molecule has 4 N–H and O–H groups in total. The molecule has 15 heteroatoms. The second kappa shape index (κ2) is 11.3. The third kappa shape index (κ3) is 5.88. The largest absolute Gasteiger partial charge is 0.573 e. The summed E-state index contributed by atoms with van der Waals surface area (Å²) in [6.45, 7) is 0. The number of fused-ring (bicyclic) bond motifs is 1. The number of benzene rings is 3. The molecule has 1 aromatic heterocycles. The fraction of sp³-hybridized carbons (Fsp3) is 0.172. The maximum absolute atomic E-state index is 13.9. The van der Waals surface area contributed by atoms with Gasteiger partial charge in [-0.05, 0) is 54.8 Å². The van der Waals surface area contributed by atoms with Crippen LogP contribution in [0.4, 0.5) is 34.6 Å². The molecule has 2 heterocycles. The van der Waals surface area contributed by atoms with Gasteiger partial charge in [-0.15, -0.1) is 18.7 Å². The van der Waals surface area contributed by atoms with E-state index in [4.69, 9.17) is 31.0 Å². The molecule has 6 rings (SSSR count). The molecule has 0 bridgehead atoms. The Balaban J connectivity index is 1.46. The Morgan fingerprint density at radius 1 is 1.09 bits per heavy atom. The first-order valence-electron chi connectivity index (χ1n) is 13.1. The average molecular weight is 640 g/mol. The summed E-state index contributed by atoms with van der Waals surface area (Å²) < 4.78 is 57.7. The van der Waals surface area contributed by atoms with Crippen molar-refractivity contribution in [2.75, 3.05) is 10.6 Å². The highest BCUT2D eigenvalue weighted by molar-refractivity contribution is 6.36. The van der Waals surface area contributed by atoms with Crippen molar-refractivity contribution in [3.8, 4) is 11.8 Å². The molecule has 1 aliphatic heterocycles. The molecular formula is C29H20BCl2F4N7O. The first-order valence-corrected chi connectivity index (χ1v) is 13.9. The van der Waals surface area contributed by atoms with E-state index in [0.29, 0.717) is 23.0 Å². The summed E-state index contributed by atoms with van der Waals surface area (Å²) in [7, 11) is 7.00. The van der Waals surface area contributed by atoms with Crippen LogP contribution in [0.3, 0.4) is 0 Å². The smallest absolute Gasteiger partial charge is 0.402 e. The lowest BCUT2D eigenvalue weighted by Crippen LogP contribution is -2.45. The van der Waals surface area contributed by atoms with Gasteiger partial charge in [0, 0.05) is 29.5 Å². The molecule has 2 aliphatic rings. The number of nitrogens with one attached hydrogen (secondary N) is 4. The van der Waals surface area contributed by atoms with Gasteiger partial charge in [0.1, 0.15) is 19.7 Å². The second-order valence-corrected chi connectivity index (χ2v) is 11.0. The molecule has 8 nitrogen and oxygen atoms in total. The third-order valence-corrected chi connectivity index (χ3v) is 7.67. The molecule has 1 atom stereocenters. The van der Waals surface area contributed by atoms with Gasteiger partial charge in [0.25, 0.3) is 0 Å². The summed E-state index contributed by atoms with van der Waals surface area (Å²) in [5.41, 5.74) is 6.29. The predicted octanol–water partition coefficient (Wildman–Crippen LogP) is 6.96. The maximum Gasteiger partial charge on any atom is 0.573 e. The van der Waals surface area contributed by atoms with Crippen LogP contribution in [-0.2, 0) is 5.44 Å². The molecule has 0 saturated heterocycles. The van der Waals surface area contributed by atoms with Gasteiger partial charge in [-0.1, -0.05) is 41.4 Å². The Kier molecular flexibility index (Phi) is 7.61. The summed E-state index contributed by atoms with van der Waals surface area (Å²) in [6.07, 6.45) is 0.0488. The van der Waals surface area contributed by atoms with Crippen LogP contribution < -0.4 is 26.3 Å². The number of nitrogens with zero attached hydrogens (tertiary/aromatic N) is 3. The predicted molar refractivity (Wildman–Crippen MR) is 160 cm³/mol. The first kappa shape index (κ1) is 29.7. The zero-order valence-electron chi connectivity index (χ0n) is 22.4. The van der Waals surface area contributed by atoms with Gasteiger partial charge in [0.2, 0.25) is 0 Å². The number of ether oxygens (including phenoxy) is 1. The maximum atomic E-state index is 13.9. The van der Waals surface area contributed by atoms with Crippen molar-refractivity contribution >= 4 is 59.0 Å². The van der Waals surface area contributed by atoms with Gasteiger partial charge in [-0.25, -0.2) is 4.39 Å². The molecule has 222 valence electrons. The number of halogens is 6. The highest BCUT2D eigenvalue weighted by atomic mass is 35.5. The number of anilines is 3. The molecule has 0 spiro atoms. The molecule has 2 radical (unpaired) electrons. The van der Waals surface area contributed by atoms with Crippen molar-refractivity contribution in [1.29, 1.82) is 5.26 Å². The van der Waals surface area contributed by atoms with E-state index >= 15 is 0 Å². The van der Waals surface area contributed by atoms with Crippen molar-refractivity contribution in [1.82, 2.24) is 21.0 Å². The summed E-state index contributed by atoms with van der Waals surface area (Å²) in [5, 5.41) is 18.0. The molecule has 1 saturated carbocycles. The van der Waals surface area contributed by atoms with Crippen LogP contribution in [0.25, 0.3) is 10.9 Å². The van der Waals surface area contributed by atoms with E-state index in [1.807, 2.05) is 17.3 Å². The number of para-hydroxylation sites is 1. The zero-order chi connectivity index (χ0) is 31.2. The molecule has 0 amide bonds. The van der Waals surface area contributed by atoms with Crippen LogP contribution in [0.5, 0.6) is 5.75 Å². The number of alkyl halides is 3. The summed E-state index contributed by atoms with van der Waals surface area (Å²) in [6, 6.07) is 15.1. The SMILES string of the molecule is [B]C(Nc1cc(Cl)c2ncc(C#N)c(Nc3cccc(Cl)c3OC(F)(F)F)c2c1)(C1=CN(C2CC2)NN1)c1ccc(F)cc1. The fourth-order valence-electron chi connectivity index (χ4n) is 4.83. The van der Waals surface area contributed by atoms with Crippen LogP contribution in [0.2, 0.25) is 10.0 Å². The summed E-state index contributed by atoms with van der Waals surface area (Å²) >= 11 is 12.7. The van der Waals surface area contributed by atoms with E-state index in [-0.39, 0.29) is 37.9 Å². The van der Waals surface area contributed by atoms with Crippen molar-refractivity contribution in [3.05, 3.63) is 99.7 Å². The number of nitriles is 1. The van der Waals surface area contributed by atoms with Crippen molar-refractivity contribution in [2.45, 2.75) is 30.7 Å². The molecule has 44 heavy (non-hydrogen) atoms. The van der Waals surface area contributed by atoms with Gasteiger partial charge in [0.15, 0.2) is 5.75 Å². The minimum absolute atomic E-state index is 0.00522. The molecule has 4 aromatic rings. The lowest BCUT2D eigenvalue weighted by atomic mass is 9.69. The van der Waals surface area contributed by atoms with Crippen LogP contribution in [0.15, 0.2) is 72.7 Å². The van der Waals surface area contributed by atoms with Crippen LogP contribution in [0.1, 0.15) is 24.0 Å². The molecule has 1 aliphatic carbocycles. The Bertz CT molecular complexity index is 1830. The van der Waals surface area contributed by atoms with Gasteiger partial charge in [-0.3, -0.25) is 9.99 Å². The van der Waals surface area contributed by atoms with E-state index in [1.54, 1.807) is 12.1 Å². The number of hydrogen-bond acceptors (Lipinski definition) is 8. The van der Waals surface area contributed by atoms with Crippen molar-refractivity contribution < 1.29 is 22.3 Å². The van der Waals surface area contributed by atoms with Gasteiger partial charge in [0.05, 0.1) is 43.6 Å². The number of rotatable bonds is 8. The van der Waals surface area contributed by atoms with E-state index in [0.717, 1.165) is 12.8 Å². The van der Waals surface area contributed by atoms with Crippen molar-refractivity contribution in [3.63, 3.8) is 0 Å². The number of hydrogen-bond donors (Lipinski definition) is 4. The summed E-state index contributed by atoms with van der Waals surface area (Å²) in [5.74, 6) is -1.13. The minimum atomic E-state index is -5.03. The van der Waals surface area contributed by atoms with Gasteiger partial charge in [-0.2, -0.15) is 5.26 Å². The van der Waals surface area contributed by atoms with Crippen LogP contribution in [-0.4, -0.2) is 30.2 Å².